The zero-order valence-electron chi connectivity index (χ0n) is 6.41. The zero-order chi connectivity index (χ0) is 8.49. The minimum absolute atomic E-state index is 1.39. The molecule has 4 heteroatoms. The van der Waals surface area contributed by atoms with Crippen molar-refractivity contribution in [2.24, 2.45) is 0 Å². The molecule has 0 amide bonds. The van der Waals surface area contributed by atoms with Crippen LogP contribution in [0.2, 0.25) is 0 Å². The van der Waals surface area contributed by atoms with Crippen LogP contribution >= 0.6 is 0 Å². The van der Waals surface area contributed by atoms with Crippen LogP contribution in [0.25, 0.3) is 0 Å². The standard InChI is InChI=1S/C5H5N.C3H3N3/c1-2-4-6-5-3-1;1-2-5-6-3-4-1/h1-5H;1-3H. The van der Waals surface area contributed by atoms with Gasteiger partial charge in [-0.05, 0) is 12.1 Å². The Morgan fingerprint density at radius 3 is 1.58 bits per heavy atom. The highest BCUT2D eigenvalue weighted by Gasteiger charge is 1.60. The van der Waals surface area contributed by atoms with Gasteiger partial charge in [-0.1, -0.05) is 6.07 Å². The number of aromatic nitrogens is 4. The molecule has 12 heavy (non-hydrogen) atoms. The van der Waals surface area contributed by atoms with E-state index in [0.717, 1.165) is 0 Å². The molecular formula is C8H8N4. The van der Waals surface area contributed by atoms with E-state index in [0.29, 0.717) is 0 Å². The molecule has 0 saturated carbocycles. The van der Waals surface area contributed by atoms with Gasteiger partial charge in [-0.3, -0.25) is 4.98 Å². The van der Waals surface area contributed by atoms with Crippen molar-refractivity contribution in [1.82, 2.24) is 20.2 Å². The van der Waals surface area contributed by atoms with Gasteiger partial charge in [0.1, 0.15) is 6.33 Å². The van der Waals surface area contributed by atoms with Crippen LogP contribution in [0.4, 0.5) is 0 Å². The van der Waals surface area contributed by atoms with Crippen LogP contribution in [0.15, 0.2) is 49.3 Å². The lowest BCUT2D eigenvalue weighted by atomic mass is 10.5. The van der Waals surface area contributed by atoms with Crippen molar-refractivity contribution in [2.45, 2.75) is 0 Å². The molecule has 2 aromatic rings. The largest absolute Gasteiger partial charge is 0.265 e. The molecule has 0 fully saturated rings. The Bertz CT molecular complexity index is 186. The molecule has 0 bridgehead atoms. The first-order chi connectivity index (χ1) is 6.00. The quantitative estimate of drug-likeness (QED) is 0.575. The van der Waals surface area contributed by atoms with E-state index >= 15 is 0 Å². The first-order valence-electron chi connectivity index (χ1n) is 3.42. The van der Waals surface area contributed by atoms with Crippen LogP contribution in [-0.4, -0.2) is 20.2 Å². The molecule has 0 N–H and O–H groups in total. The lowest BCUT2D eigenvalue weighted by molar-refractivity contribution is 0.969. The van der Waals surface area contributed by atoms with Gasteiger partial charge in [-0.2, -0.15) is 5.10 Å². The summed E-state index contributed by atoms with van der Waals surface area (Å²) in [6.07, 6.45) is 7.99. The number of hydrogen-bond donors (Lipinski definition) is 0. The molecule has 0 aliphatic heterocycles. The molecule has 2 rings (SSSR count). The second-order valence-electron chi connectivity index (χ2n) is 1.82. The van der Waals surface area contributed by atoms with Crippen molar-refractivity contribution in [3.63, 3.8) is 0 Å². The van der Waals surface area contributed by atoms with Crippen molar-refractivity contribution < 1.29 is 0 Å². The average molecular weight is 160 g/mol. The maximum absolute atomic E-state index is 3.78. The van der Waals surface area contributed by atoms with Crippen LogP contribution in [0.1, 0.15) is 0 Å². The molecule has 4 nitrogen and oxygen atoms in total. The molecule has 0 aliphatic rings. The van der Waals surface area contributed by atoms with Crippen LogP contribution < -0.4 is 0 Å². The van der Waals surface area contributed by atoms with Gasteiger partial charge in [0, 0.05) is 18.6 Å². The predicted molar refractivity (Wildman–Crippen MR) is 44.1 cm³/mol. The number of hydrogen-bond acceptors (Lipinski definition) is 4. The van der Waals surface area contributed by atoms with Gasteiger partial charge >= 0.3 is 0 Å². The van der Waals surface area contributed by atoms with Gasteiger partial charge in [0.2, 0.25) is 0 Å². The van der Waals surface area contributed by atoms with E-state index in [-0.39, 0.29) is 0 Å². The second kappa shape index (κ2) is 5.91. The summed E-state index contributed by atoms with van der Waals surface area (Å²) in [6.45, 7) is 0. The minimum atomic E-state index is 1.39. The van der Waals surface area contributed by atoms with Gasteiger partial charge in [0.05, 0.1) is 6.20 Å². The highest BCUT2D eigenvalue weighted by molar-refractivity contribution is 4.88. The smallest absolute Gasteiger partial charge is 0.138 e. The van der Waals surface area contributed by atoms with Crippen molar-refractivity contribution >= 4 is 0 Å². The fourth-order valence-electron chi connectivity index (χ4n) is 0.518. The normalized spacial score (nSPS) is 8.00. The Morgan fingerprint density at radius 2 is 1.42 bits per heavy atom. The third kappa shape index (κ3) is 4.05. The summed E-state index contributed by atoms with van der Waals surface area (Å²) in [5.74, 6) is 0. The molecule has 2 aromatic heterocycles. The van der Waals surface area contributed by atoms with E-state index in [1.54, 1.807) is 18.6 Å². The van der Waals surface area contributed by atoms with Crippen molar-refractivity contribution in [1.29, 1.82) is 0 Å². The van der Waals surface area contributed by atoms with E-state index in [1.165, 1.54) is 12.5 Å². The minimum Gasteiger partial charge on any atom is -0.265 e. The second-order valence-corrected chi connectivity index (χ2v) is 1.82. The molecule has 0 atom stereocenters. The van der Waals surface area contributed by atoms with E-state index in [2.05, 4.69) is 20.2 Å². The number of rotatable bonds is 0. The van der Waals surface area contributed by atoms with Gasteiger partial charge in [-0.15, -0.1) is 5.10 Å². The monoisotopic (exact) mass is 160 g/mol. The molecule has 0 radical (unpaired) electrons. The Hall–Kier alpha value is -1.84. The Morgan fingerprint density at radius 1 is 0.583 bits per heavy atom. The van der Waals surface area contributed by atoms with Crippen LogP contribution in [0.5, 0.6) is 0 Å². The third-order valence-corrected chi connectivity index (χ3v) is 0.971. The predicted octanol–water partition coefficient (Wildman–Crippen LogP) is 0.953. The van der Waals surface area contributed by atoms with Crippen LogP contribution in [0.3, 0.4) is 0 Å². The van der Waals surface area contributed by atoms with E-state index in [4.69, 9.17) is 0 Å². The summed E-state index contributed by atoms with van der Waals surface area (Å²) in [6, 6.07) is 5.72. The van der Waals surface area contributed by atoms with Crippen LogP contribution in [0, 0.1) is 0 Å². The molecular weight excluding hydrogens is 152 g/mol. The summed E-state index contributed by atoms with van der Waals surface area (Å²) in [5, 5.41) is 6.90. The zero-order valence-corrected chi connectivity index (χ0v) is 6.41. The number of pyridine rings is 1. The van der Waals surface area contributed by atoms with E-state index in [1.807, 2.05) is 18.2 Å². The molecule has 0 saturated heterocycles. The molecule has 0 aliphatic carbocycles. The molecule has 60 valence electrons. The van der Waals surface area contributed by atoms with Crippen LogP contribution in [-0.2, 0) is 0 Å². The van der Waals surface area contributed by atoms with Gasteiger partial charge in [-0.25, -0.2) is 4.98 Å². The van der Waals surface area contributed by atoms with Gasteiger partial charge in [0.15, 0.2) is 0 Å². The lowest BCUT2D eigenvalue weighted by Crippen LogP contribution is -1.75. The van der Waals surface area contributed by atoms with E-state index in [9.17, 15) is 0 Å². The van der Waals surface area contributed by atoms with Gasteiger partial charge in [0.25, 0.3) is 0 Å². The highest BCUT2D eigenvalue weighted by Crippen LogP contribution is 1.73. The maximum atomic E-state index is 3.78. The first kappa shape index (κ1) is 8.26. The lowest BCUT2D eigenvalue weighted by Gasteiger charge is -1.70. The topological polar surface area (TPSA) is 51.6 Å². The van der Waals surface area contributed by atoms with Crippen molar-refractivity contribution in [3.05, 3.63) is 49.3 Å². The summed E-state index contributed by atoms with van der Waals surface area (Å²) in [4.78, 5) is 7.40. The molecule has 0 spiro atoms. The van der Waals surface area contributed by atoms with Crippen molar-refractivity contribution in [3.8, 4) is 0 Å². The average Bonchev–Trinajstić information content (AvgIpc) is 2.24. The Labute approximate surface area is 70.3 Å². The first-order valence-corrected chi connectivity index (χ1v) is 3.42. The van der Waals surface area contributed by atoms with E-state index < -0.39 is 0 Å². The third-order valence-electron chi connectivity index (χ3n) is 0.971. The summed E-state index contributed by atoms with van der Waals surface area (Å²) in [5.41, 5.74) is 0. The fraction of sp³-hybridized carbons (Fsp3) is 0. The molecule has 2 heterocycles. The summed E-state index contributed by atoms with van der Waals surface area (Å²) < 4.78 is 0. The summed E-state index contributed by atoms with van der Waals surface area (Å²) in [7, 11) is 0. The Balaban J connectivity index is 0.000000120. The van der Waals surface area contributed by atoms with Gasteiger partial charge < -0.3 is 0 Å². The fourth-order valence-corrected chi connectivity index (χ4v) is 0.518. The van der Waals surface area contributed by atoms with Crippen molar-refractivity contribution in [2.75, 3.05) is 0 Å². The maximum Gasteiger partial charge on any atom is 0.138 e. The Kier molecular flexibility index (Phi) is 4.07. The molecule has 0 unspecified atom stereocenters. The highest BCUT2D eigenvalue weighted by atomic mass is 15.1. The summed E-state index contributed by atoms with van der Waals surface area (Å²) >= 11 is 0. The number of nitrogens with zero attached hydrogens (tertiary/aromatic N) is 4. The molecule has 0 aromatic carbocycles. The SMILES string of the molecule is c1ccncc1.c1cnncn1.